The van der Waals surface area contributed by atoms with Gasteiger partial charge in [0, 0.05) is 26.4 Å². The number of nitro benzene ring substituents is 2. The smallest absolute Gasteiger partial charge is 0.346 e. The van der Waals surface area contributed by atoms with Crippen LogP contribution in [0.5, 0.6) is 0 Å². The SMILES string of the molecule is COC.O=[N+]([O-])c1ccc(CCc2ccccc2)cc1[N+](=O)[O-]. The number of methoxy groups -OCH3 is 1. The number of benzene rings is 2. The fraction of sp³-hybridized carbons (Fsp3) is 0.250. The van der Waals surface area contributed by atoms with Crippen molar-refractivity contribution in [1.29, 1.82) is 0 Å². The van der Waals surface area contributed by atoms with Crippen LogP contribution in [-0.2, 0) is 17.6 Å². The van der Waals surface area contributed by atoms with Crippen LogP contribution in [0.15, 0.2) is 48.5 Å². The van der Waals surface area contributed by atoms with Gasteiger partial charge in [-0.2, -0.15) is 0 Å². The Morgan fingerprint density at radius 3 is 1.87 bits per heavy atom. The highest BCUT2D eigenvalue weighted by atomic mass is 16.6. The van der Waals surface area contributed by atoms with E-state index in [4.69, 9.17) is 0 Å². The predicted molar refractivity (Wildman–Crippen MR) is 86.5 cm³/mol. The molecule has 0 saturated carbocycles. The van der Waals surface area contributed by atoms with Crippen molar-refractivity contribution in [2.45, 2.75) is 12.8 Å². The van der Waals surface area contributed by atoms with E-state index in [1.807, 2.05) is 30.3 Å². The topological polar surface area (TPSA) is 95.5 Å². The summed E-state index contributed by atoms with van der Waals surface area (Å²) in [5, 5.41) is 21.6. The minimum absolute atomic E-state index is 0.458. The van der Waals surface area contributed by atoms with Crippen molar-refractivity contribution in [3.63, 3.8) is 0 Å². The Balaban J connectivity index is 0.000000816. The average Bonchev–Trinajstić information content (AvgIpc) is 2.54. The minimum Gasteiger partial charge on any atom is -0.388 e. The summed E-state index contributed by atoms with van der Waals surface area (Å²) in [6.45, 7) is 0. The first-order valence-corrected chi connectivity index (χ1v) is 6.85. The quantitative estimate of drug-likeness (QED) is 0.620. The van der Waals surface area contributed by atoms with Crippen LogP contribution in [0.1, 0.15) is 11.1 Å². The molecule has 23 heavy (non-hydrogen) atoms. The lowest BCUT2D eigenvalue weighted by Gasteiger charge is -2.02. The van der Waals surface area contributed by atoms with Gasteiger partial charge >= 0.3 is 11.4 Å². The van der Waals surface area contributed by atoms with E-state index in [0.29, 0.717) is 12.0 Å². The molecule has 2 aromatic rings. The van der Waals surface area contributed by atoms with Gasteiger partial charge in [0.25, 0.3) is 0 Å². The molecule has 0 atom stereocenters. The molecule has 2 rings (SSSR count). The summed E-state index contributed by atoms with van der Waals surface area (Å²) >= 11 is 0. The van der Waals surface area contributed by atoms with Gasteiger partial charge in [0.2, 0.25) is 0 Å². The Morgan fingerprint density at radius 1 is 0.826 bits per heavy atom. The molecule has 0 aliphatic heterocycles. The Labute approximate surface area is 133 Å². The second kappa shape index (κ2) is 9.26. The average molecular weight is 318 g/mol. The van der Waals surface area contributed by atoms with Gasteiger partial charge in [-0.15, -0.1) is 0 Å². The van der Waals surface area contributed by atoms with Crippen molar-refractivity contribution in [2.24, 2.45) is 0 Å². The second-order valence-corrected chi connectivity index (χ2v) is 4.73. The van der Waals surface area contributed by atoms with Crippen molar-refractivity contribution in [3.8, 4) is 0 Å². The Bertz CT molecular complexity index is 659. The molecule has 7 nitrogen and oxygen atoms in total. The summed E-state index contributed by atoms with van der Waals surface area (Å²) in [5.41, 5.74) is 0.902. The normalized spacial score (nSPS) is 9.65. The zero-order chi connectivity index (χ0) is 17.2. The summed E-state index contributed by atoms with van der Waals surface area (Å²) in [4.78, 5) is 20.1. The van der Waals surface area contributed by atoms with Gasteiger partial charge in [-0.1, -0.05) is 36.4 Å². The van der Waals surface area contributed by atoms with Crippen molar-refractivity contribution in [1.82, 2.24) is 0 Å². The van der Waals surface area contributed by atoms with Crippen LogP contribution in [0, 0.1) is 20.2 Å². The van der Waals surface area contributed by atoms with Crippen LogP contribution < -0.4 is 0 Å². The Kier molecular flexibility index (Phi) is 7.35. The zero-order valence-electron chi connectivity index (χ0n) is 13.0. The largest absolute Gasteiger partial charge is 0.388 e. The first-order valence-electron chi connectivity index (χ1n) is 6.85. The molecule has 0 fully saturated rings. The van der Waals surface area contributed by atoms with Crippen LogP contribution in [0.25, 0.3) is 0 Å². The van der Waals surface area contributed by atoms with Gasteiger partial charge in [0.05, 0.1) is 9.85 Å². The molecule has 0 radical (unpaired) electrons. The lowest BCUT2D eigenvalue weighted by atomic mass is 10.0. The number of nitrogens with zero attached hydrogens (tertiary/aromatic N) is 2. The van der Waals surface area contributed by atoms with Crippen LogP contribution in [-0.4, -0.2) is 24.1 Å². The maximum atomic E-state index is 10.9. The van der Waals surface area contributed by atoms with Gasteiger partial charge < -0.3 is 4.74 Å². The first-order chi connectivity index (χ1) is 11.0. The molecule has 0 aliphatic carbocycles. The maximum Gasteiger partial charge on any atom is 0.346 e. The van der Waals surface area contributed by atoms with E-state index in [1.165, 1.54) is 12.1 Å². The van der Waals surface area contributed by atoms with Gasteiger partial charge in [-0.25, -0.2) is 0 Å². The lowest BCUT2D eigenvalue weighted by molar-refractivity contribution is -0.422. The van der Waals surface area contributed by atoms with E-state index in [9.17, 15) is 20.2 Å². The molecule has 0 aliphatic rings. The fourth-order valence-electron chi connectivity index (χ4n) is 1.96. The van der Waals surface area contributed by atoms with Gasteiger partial charge in [0.1, 0.15) is 0 Å². The standard InChI is InChI=1S/C14H12N2O4.C2H6O/c17-15(18)13-9-8-12(10-14(13)16(19)20)7-6-11-4-2-1-3-5-11;1-3-2/h1-5,8-10H,6-7H2;1-2H3. The van der Waals surface area contributed by atoms with E-state index >= 15 is 0 Å². The number of nitro groups is 2. The Hall–Kier alpha value is -2.80. The first kappa shape index (κ1) is 18.2. The van der Waals surface area contributed by atoms with E-state index < -0.39 is 21.2 Å². The van der Waals surface area contributed by atoms with Gasteiger partial charge in [0.15, 0.2) is 0 Å². The molecule has 0 aromatic heterocycles. The van der Waals surface area contributed by atoms with E-state index in [0.717, 1.165) is 12.0 Å². The molecule has 0 N–H and O–H groups in total. The number of hydrogen-bond acceptors (Lipinski definition) is 5. The van der Waals surface area contributed by atoms with E-state index in [-0.39, 0.29) is 0 Å². The van der Waals surface area contributed by atoms with Crippen LogP contribution in [0.2, 0.25) is 0 Å². The zero-order valence-corrected chi connectivity index (χ0v) is 13.0. The molecule has 0 spiro atoms. The molecule has 2 aromatic carbocycles. The highest BCUT2D eigenvalue weighted by molar-refractivity contribution is 5.54. The molecular formula is C16H18N2O5. The summed E-state index contributed by atoms with van der Waals surface area (Å²) in [5.74, 6) is 0. The molecular weight excluding hydrogens is 300 g/mol. The second-order valence-electron chi connectivity index (χ2n) is 4.73. The molecule has 0 bridgehead atoms. The van der Waals surface area contributed by atoms with E-state index in [1.54, 1.807) is 20.3 Å². The van der Waals surface area contributed by atoms with Crippen molar-refractivity contribution >= 4 is 11.4 Å². The van der Waals surface area contributed by atoms with Crippen molar-refractivity contribution in [3.05, 3.63) is 79.9 Å². The third kappa shape index (κ3) is 5.84. The molecule has 0 saturated heterocycles. The van der Waals surface area contributed by atoms with Crippen molar-refractivity contribution in [2.75, 3.05) is 14.2 Å². The van der Waals surface area contributed by atoms with Crippen LogP contribution >= 0.6 is 0 Å². The highest BCUT2D eigenvalue weighted by Gasteiger charge is 2.23. The third-order valence-electron chi connectivity index (χ3n) is 2.98. The van der Waals surface area contributed by atoms with Gasteiger partial charge in [-0.05, 0) is 24.0 Å². The molecule has 122 valence electrons. The summed E-state index contributed by atoms with van der Waals surface area (Å²) in [6, 6.07) is 13.7. The maximum absolute atomic E-state index is 10.9. The highest BCUT2D eigenvalue weighted by Crippen LogP contribution is 2.27. The minimum atomic E-state index is -0.737. The van der Waals surface area contributed by atoms with Crippen molar-refractivity contribution < 1.29 is 14.6 Å². The number of aryl methyl sites for hydroxylation is 2. The predicted octanol–water partition coefficient (Wildman–Crippen LogP) is 3.55. The van der Waals surface area contributed by atoms with Crippen LogP contribution in [0.3, 0.4) is 0 Å². The molecule has 0 amide bonds. The molecule has 0 unspecified atom stereocenters. The molecule has 0 heterocycles. The fourth-order valence-corrected chi connectivity index (χ4v) is 1.96. The third-order valence-corrected chi connectivity index (χ3v) is 2.98. The number of ether oxygens (including phenoxy) is 1. The van der Waals surface area contributed by atoms with Crippen LogP contribution in [0.4, 0.5) is 11.4 Å². The summed E-state index contributed by atoms with van der Waals surface area (Å²) in [7, 11) is 3.25. The number of rotatable bonds is 5. The number of hydrogen-bond donors (Lipinski definition) is 0. The monoisotopic (exact) mass is 318 g/mol. The van der Waals surface area contributed by atoms with E-state index in [2.05, 4.69) is 4.74 Å². The van der Waals surface area contributed by atoms with Gasteiger partial charge in [-0.3, -0.25) is 20.2 Å². The summed E-state index contributed by atoms with van der Waals surface area (Å²) < 4.78 is 4.25. The summed E-state index contributed by atoms with van der Waals surface area (Å²) in [6.07, 6.45) is 1.33. The molecule has 7 heteroatoms. The Morgan fingerprint density at radius 2 is 1.35 bits per heavy atom. The lowest BCUT2D eigenvalue weighted by Crippen LogP contribution is -1.99.